The standard InChI is InChI=1S/C25H26Cl2N2O2/c1-16-14-19(25(3,4)5)8-12-22(16)31-23(30)13-11-21-17(2)28-29(24(21)27)15-18-6-9-20(26)10-7-18/h6-14H,15H2,1-5H3/b13-11+. The highest BCUT2D eigenvalue weighted by atomic mass is 35.5. The fraction of sp³-hybridized carbons (Fsp3) is 0.280. The first-order valence-corrected chi connectivity index (χ1v) is 10.8. The summed E-state index contributed by atoms with van der Waals surface area (Å²) in [4.78, 5) is 12.4. The van der Waals surface area contributed by atoms with Gasteiger partial charge in [-0.1, -0.05) is 68.2 Å². The van der Waals surface area contributed by atoms with Crippen molar-refractivity contribution in [2.75, 3.05) is 0 Å². The van der Waals surface area contributed by atoms with Gasteiger partial charge >= 0.3 is 5.97 Å². The van der Waals surface area contributed by atoms with Crippen LogP contribution >= 0.6 is 23.2 Å². The Bertz CT molecular complexity index is 1120. The molecule has 0 fully saturated rings. The number of carbonyl (C=O) groups is 1. The number of aryl methyl sites for hydroxylation is 2. The molecule has 162 valence electrons. The Hall–Kier alpha value is -2.56. The highest BCUT2D eigenvalue weighted by Crippen LogP contribution is 2.28. The molecule has 2 aromatic carbocycles. The molecular formula is C25H26Cl2N2O2. The summed E-state index contributed by atoms with van der Waals surface area (Å²) in [6.07, 6.45) is 3.02. The maximum atomic E-state index is 12.4. The third-order valence-corrected chi connectivity index (χ3v) is 5.64. The number of benzene rings is 2. The molecule has 0 aliphatic rings. The molecule has 0 amide bonds. The van der Waals surface area contributed by atoms with Gasteiger partial charge in [-0.05, 0) is 60.2 Å². The first kappa shape index (κ1) is 23.1. The maximum Gasteiger partial charge on any atom is 0.336 e. The van der Waals surface area contributed by atoms with Gasteiger partial charge in [0.05, 0.1) is 12.2 Å². The zero-order chi connectivity index (χ0) is 22.8. The van der Waals surface area contributed by atoms with Gasteiger partial charge < -0.3 is 4.74 Å². The number of aromatic nitrogens is 2. The summed E-state index contributed by atoms with van der Waals surface area (Å²) in [5.74, 6) is 0.0800. The van der Waals surface area contributed by atoms with E-state index in [1.54, 1.807) is 10.8 Å². The van der Waals surface area contributed by atoms with Gasteiger partial charge in [0, 0.05) is 16.7 Å². The predicted octanol–water partition coefficient (Wildman–Crippen LogP) is 6.77. The molecule has 6 heteroatoms. The molecule has 0 atom stereocenters. The molecule has 3 aromatic rings. The number of hydrogen-bond donors (Lipinski definition) is 0. The summed E-state index contributed by atoms with van der Waals surface area (Å²) in [7, 11) is 0. The van der Waals surface area contributed by atoms with Crippen LogP contribution in [0, 0.1) is 13.8 Å². The summed E-state index contributed by atoms with van der Waals surface area (Å²) in [6, 6.07) is 13.4. The molecule has 0 unspecified atom stereocenters. The number of nitrogens with zero attached hydrogens (tertiary/aromatic N) is 2. The van der Waals surface area contributed by atoms with E-state index in [0.29, 0.717) is 28.0 Å². The average Bonchev–Trinajstić information content (AvgIpc) is 2.95. The maximum absolute atomic E-state index is 12.4. The van der Waals surface area contributed by atoms with Crippen LogP contribution in [-0.4, -0.2) is 15.7 Å². The molecule has 0 bridgehead atoms. The summed E-state index contributed by atoms with van der Waals surface area (Å²) in [5.41, 5.74) is 4.59. The van der Waals surface area contributed by atoms with Gasteiger partial charge in [0.15, 0.2) is 0 Å². The average molecular weight is 457 g/mol. The van der Waals surface area contributed by atoms with E-state index < -0.39 is 5.97 Å². The second-order valence-electron chi connectivity index (χ2n) is 8.56. The van der Waals surface area contributed by atoms with Gasteiger partial charge in [-0.15, -0.1) is 0 Å². The zero-order valence-corrected chi connectivity index (χ0v) is 19.9. The Kier molecular flexibility index (Phi) is 6.93. The van der Waals surface area contributed by atoms with Crippen molar-refractivity contribution >= 4 is 35.2 Å². The Morgan fingerprint density at radius 3 is 2.39 bits per heavy atom. The molecule has 0 saturated carbocycles. The Morgan fingerprint density at radius 2 is 1.77 bits per heavy atom. The lowest BCUT2D eigenvalue weighted by Crippen LogP contribution is -2.12. The normalized spacial score (nSPS) is 11.8. The lowest BCUT2D eigenvalue weighted by Gasteiger charge is -2.20. The first-order valence-electron chi connectivity index (χ1n) is 10.0. The first-order chi connectivity index (χ1) is 14.5. The van der Waals surface area contributed by atoms with Crippen molar-refractivity contribution in [1.29, 1.82) is 0 Å². The van der Waals surface area contributed by atoms with Gasteiger partial charge in [-0.25, -0.2) is 9.48 Å². The van der Waals surface area contributed by atoms with Crippen LogP contribution in [0.15, 0.2) is 48.5 Å². The Morgan fingerprint density at radius 1 is 1.10 bits per heavy atom. The molecule has 31 heavy (non-hydrogen) atoms. The van der Waals surface area contributed by atoms with Crippen LogP contribution in [0.5, 0.6) is 5.75 Å². The Labute approximate surface area is 193 Å². The van der Waals surface area contributed by atoms with Crippen molar-refractivity contribution in [3.05, 3.63) is 86.7 Å². The third-order valence-electron chi connectivity index (χ3n) is 4.99. The monoisotopic (exact) mass is 456 g/mol. The van der Waals surface area contributed by atoms with E-state index >= 15 is 0 Å². The van der Waals surface area contributed by atoms with Crippen LogP contribution in [0.3, 0.4) is 0 Å². The van der Waals surface area contributed by atoms with E-state index in [0.717, 1.165) is 16.8 Å². The lowest BCUT2D eigenvalue weighted by atomic mass is 9.86. The lowest BCUT2D eigenvalue weighted by molar-refractivity contribution is -0.128. The molecule has 1 aromatic heterocycles. The molecule has 1 heterocycles. The van der Waals surface area contributed by atoms with E-state index in [2.05, 4.69) is 25.9 Å². The highest BCUT2D eigenvalue weighted by molar-refractivity contribution is 6.31. The second kappa shape index (κ2) is 9.29. The Balaban J connectivity index is 1.72. The zero-order valence-electron chi connectivity index (χ0n) is 18.4. The van der Waals surface area contributed by atoms with Crippen LogP contribution < -0.4 is 4.74 Å². The molecule has 0 spiro atoms. The molecule has 0 N–H and O–H groups in total. The third kappa shape index (κ3) is 5.78. The van der Waals surface area contributed by atoms with E-state index in [1.807, 2.05) is 56.3 Å². The molecule has 3 rings (SSSR count). The summed E-state index contributed by atoms with van der Waals surface area (Å²) in [6.45, 7) is 10.7. The van der Waals surface area contributed by atoms with Gasteiger partial charge in [-0.3, -0.25) is 0 Å². The van der Waals surface area contributed by atoms with Gasteiger partial charge in [0.2, 0.25) is 0 Å². The van der Waals surface area contributed by atoms with E-state index in [1.165, 1.54) is 11.6 Å². The topological polar surface area (TPSA) is 44.1 Å². The predicted molar refractivity (Wildman–Crippen MR) is 127 cm³/mol. The molecule has 4 nitrogen and oxygen atoms in total. The SMILES string of the molecule is Cc1cc(C(C)(C)C)ccc1OC(=O)/C=C/c1c(C)nn(Cc2ccc(Cl)cc2)c1Cl. The summed E-state index contributed by atoms with van der Waals surface area (Å²) >= 11 is 12.5. The van der Waals surface area contributed by atoms with Crippen molar-refractivity contribution in [2.45, 2.75) is 46.6 Å². The van der Waals surface area contributed by atoms with Crippen molar-refractivity contribution in [1.82, 2.24) is 9.78 Å². The highest BCUT2D eigenvalue weighted by Gasteiger charge is 2.16. The van der Waals surface area contributed by atoms with E-state index in [-0.39, 0.29) is 5.41 Å². The van der Waals surface area contributed by atoms with E-state index in [4.69, 9.17) is 27.9 Å². The second-order valence-corrected chi connectivity index (χ2v) is 9.35. The van der Waals surface area contributed by atoms with Crippen LogP contribution in [0.25, 0.3) is 6.08 Å². The smallest absolute Gasteiger partial charge is 0.336 e. The summed E-state index contributed by atoms with van der Waals surface area (Å²) in [5, 5.41) is 5.62. The van der Waals surface area contributed by atoms with Gasteiger partial charge in [-0.2, -0.15) is 5.10 Å². The largest absolute Gasteiger partial charge is 0.423 e. The number of esters is 1. The van der Waals surface area contributed by atoms with Crippen molar-refractivity contribution in [2.24, 2.45) is 0 Å². The van der Waals surface area contributed by atoms with Crippen LogP contribution in [0.1, 0.15) is 48.7 Å². The number of ether oxygens (including phenoxy) is 1. The van der Waals surface area contributed by atoms with Crippen molar-refractivity contribution in [3.8, 4) is 5.75 Å². The number of rotatable bonds is 5. The molecule has 0 aliphatic carbocycles. The van der Waals surface area contributed by atoms with Gasteiger partial charge in [0.1, 0.15) is 10.9 Å². The van der Waals surface area contributed by atoms with Crippen molar-refractivity contribution in [3.63, 3.8) is 0 Å². The molecular weight excluding hydrogens is 431 g/mol. The molecule has 0 radical (unpaired) electrons. The minimum Gasteiger partial charge on any atom is -0.423 e. The van der Waals surface area contributed by atoms with Crippen LogP contribution in [0.2, 0.25) is 10.2 Å². The quantitative estimate of drug-likeness (QED) is 0.241. The minimum atomic E-state index is -0.465. The molecule has 0 saturated heterocycles. The number of halogens is 2. The number of hydrogen-bond acceptors (Lipinski definition) is 3. The van der Waals surface area contributed by atoms with Crippen molar-refractivity contribution < 1.29 is 9.53 Å². The number of carbonyl (C=O) groups excluding carboxylic acids is 1. The summed E-state index contributed by atoms with van der Waals surface area (Å²) < 4.78 is 7.21. The van der Waals surface area contributed by atoms with Crippen LogP contribution in [0.4, 0.5) is 0 Å². The minimum absolute atomic E-state index is 0.0354. The van der Waals surface area contributed by atoms with Gasteiger partial charge in [0.25, 0.3) is 0 Å². The van der Waals surface area contributed by atoms with Crippen LogP contribution in [-0.2, 0) is 16.8 Å². The van der Waals surface area contributed by atoms with E-state index in [9.17, 15) is 4.79 Å². The fourth-order valence-electron chi connectivity index (χ4n) is 3.15. The fourth-order valence-corrected chi connectivity index (χ4v) is 3.57. The molecule has 0 aliphatic heterocycles.